The largest absolute Gasteiger partial charge is 0.368 e. The second-order valence-electron chi connectivity index (χ2n) is 5.82. The molecule has 0 unspecified atom stereocenters. The molecule has 1 fully saturated rings. The van der Waals surface area contributed by atoms with Crippen molar-refractivity contribution in [2.24, 2.45) is 0 Å². The van der Waals surface area contributed by atoms with Gasteiger partial charge in [-0.2, -0.15) is 0 Å². The van der Waals surface area contributed by atoms with E-state index in [9.17, 15) is 0 Å². The summed E-state index contributed by atoms with van der Waals surface area (Å²) in [6.07, 6.45) is 3.86. The van der Waals surface area contributed by atoms with E-state index in [0.717, 1.165) is 38.4 Å². The van der Waals surface area contributed by atoms with Crippen LogP contribution < -0.4 is 4.90 Å². The highest BCUT2D eigenvalue weighted by Gasteiger charge is 2.19. The molecule has 3 heterocycles. The molecule has 1 aromatic carbocycles. The Balaban J connectivity index is 1.45. The van der Waals surface area contributed by atoms with Crippen LogP contribution in [0.1, 0.15) is 5.56 Å². The first-order valence-electron chi connectivity index (χ1n) is 7.83. The number of hydrogen-bond donors (Lipinski definition) is 1. The molecule has 0 atom stereocenters. The molecule has 22 heavy (non-hydrogen) atoms. The van der Waals surface area contributed by atoms with Crippen LogP contribution in [0.4, 0.5) is 5.69 Å². The van der Waals surface area contributed by atoms with Crippen molar-refractivity contribution in [3.8, 4) is 0 Å². The Kier molecular flexibility index (Phi) is 3.52. The molecule has 4 nitrogen and oxygen atoms in total. The van der Waals surface area contributed by atoms with Crippen LogP contribution in [0.5, 0.6) is 0 Å². The standard InChI is InChI=1S/C18H20N4/c1-2-4-15(5-3-1)14-21-10-12-22(13-11-21)17-7-9-20-18-16(17)6-8-19-18/h1-9H,10-14H2,(H,19,20). The molecule has 1 N–H and O–H groups in total. The van der Waals surface area contributed by atoms with Crippen LogP contribution in [-0.2, 0) is 6.54 Å². The minimum Gasteiger partial charge on any atom is -0.368 e. The van der Waals surface area contributed by atoms with E-state index in [1.54, 1.807) is 0 Å². The van der Waals surface area contributed by atoms with E-state index in [0.29, 0.717) is 0 Å². The number of nitrogens with one attached hydrogen (secondary N) is 1. The smallest absolute Gasteiger partial charge is 0.139 e. The van der Waals surface area contributed by atoms with Crippen LogP contribution in [0.15, 0.2) is 54.9 Å². The maximum Gasteiger partial charge on any atom is 0.139 e. The van der Waals surface area contributed by atoms with E-state index in [1.165, 1.54) is 16.6 Å². The van der Waals surface area contributed by atoms with Crippen LogP contribution in [0.3, 0.4) is 0 Å². The van der Waals surface area contributed by atoms with E-state index in [2.05, 4.69) is 62.2 Å². The van der Waals surface area contributed by atoms with Gasteiger partial charge in [0.2, 0.25) is 0 Å². The van der Waals surface area contributed by atoms with Gasteiger partial charge in [-0.15, -0.1) is 0 Å². The Morgan fingerprint density at radius 3 is 2.59 bits per heavy atom. The van der Waals surface area contributed by atoms with Crippen molar-refractivity contribution >= 4 is 16.7 Å². The van der Waals surface area contributed by atoms with Gasteiger partial charge >= 0.3 is 0 Å². The van der Waals surface area contributed by atoms with Gasteiger partial charge < -0.3 is 9.88 Å². The molecular formula is C18H20N4. The highest BCUT2D eigenvalue weighted by atomic mass is 15.3. The molecule has 0 radical (unpaired) electrons. The SMILES string of the molecule is c1ccc(CN2CCN(c3ccnc4[nH]ccc34)CC2)cc1. The number of rotatable bonds is 3. The van der Waals surface area contributed by atoms with Crippen molar-refractivity contribution in [2.45, 2.75) is 6.54 Å². The van der Waals surface area contributed by atoms with Gasteiger partial charge in [0.15, 0.2) is 0 Å². The Labute approximate surface area is 130 Å². The summed E-state index contributed by atoms with van der Waals surface area (Å²) >= 11 is 0. The van der Waals surface area contributed by atoms with E-state index in [-0.39, 0.29) is 0 Å². The molecule has 0 aliphatic carbocycles. The van der Waals surface area contributed by atoms with Crippen LogP contribution >= 0.6 is 0 Å². The number of nitrogens with zero attached hydrogens (tertiary/aromatic N) is 3. The van der Waals surface area contributed by atoms with Crippen LogP contribution in [0, 0.1) is 0 Å². The van der Waals surface area contributed by atoms with E-state index in [4.69, 9.17) is 0 Å². The second kappa shape index (κ2) is 5.81. The first-order chi connectivity index (χ1) is 10.9. The molecule has 2 aromatic heterocycles. The molecule has 4 heteroatoms. The minimum atomic E-state index is 0.976. The Morgan fingerprint density at radius 1 is 0.955 bits per heavy atom. The molecule has 3 aromatic rings. The van der Waals surface area contributed by atoms with Crippen molar-refractivity contribution in [3.63, 3.8) is 0 Å². The lowest BCUT2D eigenvalue weighted by atomic mass is 10.2. The third-order valence-corrected chi connectivity index (χ3v) is 4.40. The number of anilines is 1. The number of hydrogen-bond acceptors (Lipinski definition) is 3. The summed E-state index contributed by atoms with van der Waals surface area (Å²) in [5.41, 5.74) is 3.67. The molecule has 4 rings (SSSR count). The van der Waals surface area contributed by atoms with Crippen LogP contribution in [-0.4, -0.2) is 41.0 Å². The van der Waals surface area contributed by atoms with Crippen molar-refractivity contribution in [2.75, 3.05) is 31.1 Å². The fraction of sp³-hybridized carbons (Fsp3) is 0.278. The average Bonchev–Trinajstić information content (AvgIpc) is 3.05. The van der Waals surface area contributed by atoms with Crippen molar-refractivity contribution in [3.05, 3.63) is 60.4 Å². The summed E-state index contributed by atoms with van der Waals surface area (Å²) in [6, 6.07) is 15.0. The molecule has 0 amide bonds. The summed E-state index contributed by atoms with van der Waals surface area (Å²) in [4.78, 5) is 12.6. The maximum absolute atomic E-state index is 4.37. The minimum absolute atomic E-state index is 0.976. The Morgan fingerprint density at radius 2 is 1.77 bits per heavy atom. The number of aromatic amines is 1. The third-order valence-electron chi connectivity index (χ3n) is 4.40. The van der Waals surface area contributed by atoms with Gasteiger partial charge in [-0.1, -0.05) is 30.3 Å². The van der Waals surface area contributed by atoms with Gasteiger partial charge in [0.25, 0.3) is 0 Å². The Hall–Kier alpha value is -2.33. The molecule has 0 spiro atoms. The highest BCUT2D eigenvalue weighted by Crippen LogP contribution is 2.25. The van der Waals surface area contributed by atoms with Gasteiger partial charge in [0.05, 0.1) is 0 Å². The fourth-order valence-corrected chi connectivity index (χ4v) is 3.21. The molecule has 112 valence electrons. The summed E-state index contributed by atoms with van der Waals surface area (Å²) in [6.45, 7) is 5.38. The van der Waals surface area contributed by atoms with Crippen molar-refractivity contribution in [1.82, 2.24) is 14.9 Å². The number of benzene rings is 1. The third kappa shape index (κ3) is 2.57. The summed E-state index contributed by atoms with van der Waals surface area (Å²) in [5, 5.41) is 1.22. The number of fused-ring (bicyclic) bond motifs is 1. The van der Waals surface area contributed by atoms with Gasteiger partial charge in [0.1, 0.15) is 5.65 Å². The maximum atomic E-state index is 4.37. The zero-order valence-electron chi connectivity index (χ0n) is 12.6. The summed E-state index contributed by atoms with van der Waals surface area (Å²) in [7, 11) is 0. The lowest BCUT2D eigenvalue weighted by Crippen LogP contribution is -2.46. The zero-order valence-corrected chi connectivity index (χ0v) is 12.6. The van der Waals surface area contributed by atoms with Crippen molar-refractivity contribution in [1.29, 1.82) is 0 Å². The lowest BCUT2D eigenvalue weighted by Gasteiger charge is -2.36. The van der Waals surface area contributed by atoms with Crippen molar-refractivity contribution < 1.29 is 0 Å². The molecule has 1 saturated heterocycles. The van der Waals surface area contributed by atoms with Crippen LogP contribution in [0.25, 0.3) is 11.0 Å². The Bertz CT molecular complexity index is 742. The molecular weight excluding hydrogens is 272 g/mol. The second-order valence-corrected chi connectivity index (χ2v) is 5.82. The lowest BCUT2D eigenvalue weighted by molar-refractivity contribution is 0.250. The number of piperazine rings is 1. The first-order valence-corrected chi connectivity index (χ1v) is 7.83. The molecule has 1 aliphatic heterocycles. The van der Waals surface area contributed by atoms with E-state index >= 15 is 0 Å². The molecule has 0 saturated carbocycles. The van der Waals surface area contributed by atoms with E-state index in [1.807, 2.05) is 12.4 Å². The normalized spacial score (nSPS) is 16.3. The van der Waals surface area contributed by atoms with Gasteiger partial charge in [0, 0.05) is 56.2 Å². The monoisotopic (exact) mass is 292 g/mol. The molecule has 1 aliphatic rings. The summed E-state index contributed by atoms with van der Waals surface area (Å²) in [5.74, 6) is 0. The average molecular weight is 292 g/mol. The zero-order chi connectivity index (χ0) is 14.8. The number of pyridine rings is 1. The van der Waals surface area contributed by atoms with E-state index < -0.39 is 0 Å². The highest BCUT2D eigenvalue weighted by molar-refractivity contribution is 5.89. The van der Waals surface area contributed by atoms with Gasteiger partial charge in [-0.3, -0.25) is 4.90 Å². The predicted molar refractivity (Wildman–Crippen MR) is 90.0 cm³/mol. The quantitative estimate of drug-likeness (QED) is 0.806. The number of aromatic nitrogens is 2. The first kappa shape index (κ1) is 13.3. The fourth-order valence-electron chi connectivity index (χ4n) is 3.21. The molecule has 0 bridgehead atoms. The van der Waals surface area contributed by atoms with Gasteiger partial charge in [-0.05, 0) is 17.7 Å². The number of H-pyrrole nitrogens is 1. The summed E-state index contributed by atoms with van der Waals surface area (Å²) < 4.78 is 0. The predicted octanol–water partition coefficient (Wildman–Crippen LogP) is 2.89. The van der Waals surface area contributed by atoms with Crippen LogP contribution in [0.2, 0.25) is 0 Å². The van der Waals surface area contributed by atoms with Gasteiger partial charge in [-0.25, -0.2) is 4.98 Å². The topological polar surface area (TPSA) is 35.2 Å².